The lowest BCUT2D eigenvalue weighted by atomic mass is 10.2. The SMILES string of the molecule is Cc1ncc(C)c2scnc12. The number of fused-ring (bicyclic) bond motifs is 1. The fourth-order valence-corrected chi connectivity index (χ4v) is 1.91. The monoisotopic (exact) mass is 164 g/mol. The summed E-state index contributed by atoms with van der Waals surface area (Å²) in [6.45, 7) is 4.05. The first-order valence-electron chi connectivity index (χ1n) is 3.44. The number of aromatic nitrogens is 2. The van der Waals surface area contributed by atoms with Crippen molar-refractivity contribution in [2.45, 2.75) is 13.8 Å². The second-order valence-corrected chi connectivity index (χ2v) is 3.41. The lowest BCUT2D eigenvalue weighted by molar-refractivity contribution is 1.20. The third-order valence-corrected chi connectivity index (χ3v) is 2.68. The van der Waals surface area contributed by atoms with Crippen molar-refractivity contribution in [3.63, 3.8) is 0 Å². The normalized spacial score (nSPS) is 10.7. The van der Waals surface area contributed by atoms with Crippen LogP contribution in [0.1, 0.15) is 11.3 Å². The lowest BCUT2D eigenvalue weighted by Crippen LogP contribution is -1.83. The molecule has 0 spiro atoms. The lowest BCUT2D eigenvalue weighted by Gasteiger charge is -1.95. The Bertz CT molecular complexity index is 356. The van der Waals surface area contributed by atoms with E-state index in [0.29, 0.717) is 0 Å². The molecule has 0 aliphatic heterocycles. The van der Waals surface area contributed by atoms with Gasteiger partial charge in [-0.2, -0.15) is 0 Å². The van der Waals surface area contributed by atoms with Gasteiger partial charge < -0.3 is 0 Å². The molecule has 56 valence electrons. The molecule has 2 aromatic rings. The molecule has 0 aliphatic rings. The molecule has 11 heavy (non-hydrogen) atoms. The zero-order valence-electron chi connectivity index (χ0n) is 6.46. The minimum atomic E-state index is 1.02. The highest BCUT2D eigenvalue weighted by atomic mass is 32.1. The van der Waals surface area contributed by atoms with Gasteiger partial charge in [-0.05, 0) is 19.4 Å². The van der Waals surface area contributed by atoms with E-state index in [4.69, 9.17) is 0 Å². The average Bonchev–Trinajstić information content (AvgIpc) is 2.45. The predicted molar refractivity (Wildman–Crippen MR) is 46.9 cm³/mol. The Labute approximate surface area is 68.9 Å². The van der Waals surface area contributed by atoms with Crippen LogP contribution < -0.4 is 0 Å². The van der Waals surface area contributed by atoms with Gasteiger partial charge in [-0.3, -0.25) is 4.98 Å². The maximum Gasteiger partial charge on any atom is 0.103 e. The first kappa shape index (κ1) is 6.73. The topological polar surface area (TPSA) is 25.8 Å². The van der Waals surface area contributed by atoms with E-state index >= 15 is 0 Å². The summed E-state index contributed by atoms with van der Waals surface area (Å²) >= 11 is 1.68. The summed E-state index contributed by atoms with van der Waals surface area (Å²) in [5.41, 5.74) is 5.15. The van der Waals surface area contributed by atoms with E-state index < -0.39 is 0 Å². The van der Waals surface area contributed by atoms with Crippen molar-refractivity contribution in [1.82, 2.24) is 9.97 Å². The number of pyridine rings is 1. The summed E-state index contributed by atoms with van der Waals surface area (Å²) < 4.78 is 1.26. The zero-order chi connectivity index (χ0) is 7.84. The van der Waals surface area contributed by atoms with Gasteiger partial charge in [-0.1, -0.05) is 0 Å². The second-order valence-electron chi connectivity index (χ2n) is 2.56. The van der Waals surface area contributed by atoms with Crippen LogP contribution in [0.5, 0.6) is 0 Å². The molecular formula is C8H8N2S. The van der Waals surface area contributed by atoms with Gasteiger partial charge in [0.1, 0.15) is 5.52 Å². The standard InChI is InChI=1S/C8H8N2S/c1-5-3-9-6(2)7-8(5)11-4-10-7/h3-4H,1-2H3. The van der Waals surface area contributed by atoms with Gasteiger partial charge in [0.05, 0.1) is 15.9 Å². The maximum absolute atomic E-state index is 4.24. The van der Waals surface area contributed by atoms with E-state index in [9.17, 15) is 0 Å². The highest BCUT2D eigenvalue weighted by molar-refractivity contribution is 7.16. The predicted octanol–water partition coefficient (Wildman–Crippen LogP) is 2.31. The van der Waals surface area contributed by atoms with Gasteiger partial charge in [-0.15, -0.1) is 11.3 Å². The van der Waals surface area contributed by atoms with Crippen LogP contribution in [0, 0.1) is 13.8 Å². The summed E-state index contributed by atoms with van der Waals surface area (Å²) in [6.07, 6.45) is 1.90. The van der Waals surface area contributed by atoms with Crippen LogP contribution in [-0.2, 0) is 0 Å². The Morgan fingerprint density at radius 2 is 2.09 bits per heavy atom. The van der Waals surface area contributed by atoms with Gasteiger partial charge >= 0.3 is 0 Å². The van der Waals surface area contributed by atoms with Crippen molar-refractivity contribution in [2.75, 3.05) is 0 Å². The molecule has 0 unspecified atom stereocenters. The van der Waals surface area contributed by atoms with Crippen molar-refractivity contribution in [3.05, 3.63) is 23.0 Å². The minimum absolute atomic E-state index is 1.02. The van der Waals surface area contributed by atoms with Crippen LogP contribution in [0.4, 0.5) is 0 Å². The third kappa shape index (κ3) is 0.922. The second kappa shape index (κ2) is 2.27. The molecule has 0 amide bonds. The fourth-order valence-electron chi connectivity index (χ4n) is 1.10. The number of rotatable bonds is 0. The molecule has 2 heterocycles. The molecule has 2 rings (SSSR count). The molecule has 3 heteroatoms. The average molecular weight is 164 g/mol. The molecule has 0 aromatic carbocycles. The third-order valence-electron chi connectivity index (χ3n) is 1.72. The van der Waals surface area contributed by atoms with Crippen LogP contribution in [-0.4, -0.2) is 9.97 Å². The summed E-state index contributed by atoms with van der Waals surface area (Å²) in [7, 11) is 0. The van der Waals surface area contributed by atoms with Crippen molar-refractivity contribution < 1.29 is 0 Å². The van der Waals surface area contributed by atoms with Gasteiger partial charge in [0, 0.05) is 6.20 Å². The fraction of sp³-hybridized carbons (Fsp3) is 0.250. The molecular weight excluding hydrogens is 156 g/mol. The molecule has 0 saturated carbocycles. The zero-order valence-corrected chi connectivity index (χ0v) is 7.27. The van der Waals surface area contributed by atoms with Gasteiger partial charge in [0.25, 0.3) is 0 Å². The van der Waals surface area contributed by atoms with E-state index in [1.807, 2.05) is 18.6 Å². The van der Waals surface area contributed by atoms with Crippen molar-refractivity contribution in [3.8, 4) is 0 Å². The maximum atomic E-state index is 4.24. The Morgan fingerprint density at radius 1 is 1.27 bits per heavy atom. The van der Waals surface area contributed by atoms with Crippen LogP contribution in [0.3, 0.4) is 0 Å². The number of thiazole rings is 1. The highest BCUT2D eigenvalue weighted by Gasteiger charge is 2.02. The molecule has 2 nitrogen and oxygen atoms in total. The number of hydrogen-bond acceptors (Lipinski definition) is 3. The molecule has 0 atom stereocenters. The Hall–Kier alpha value is -0.960. The molecule has 0 aliphatic carbocycles. The molecule has 0 saturated heterocycles. The molecule has 2 aromatic heterocycles. The summed E-state index contributed by atoms with van der Waals surface area (Å²) in [5, 5.41) is 0. The van der Waals surface area contributed by atoms with Gasteiger partial charge in [0.15, 0.2) is 0 Å². The van der Waals surface area contributed by atoms with E-state index in [0.717, 1.165) is 11.2 Å². The summed E-state index contributed by atoms with van der Waals surface area (Å²) in [5.74, 6) is 0. The molecule has 0 N–H and O–H groups in total. The Kier molecular flexibility index (Phi) is 1.39. The van der Waals surface area contributed by atoms with Gasteiger partial charge in [0.2, 0.25) is 0 Å². The van der Waals surface area contributed by atoms with Crippen LogP contribution in [0.2, 0.25) is 0 Å². The molecule has 0 bridgehead atoms. The first-order valence-corrected chi connectivity index (χ1v) is 4.32. The van der Waals surface area contributed by atoms with Crippen LogP contribution in [0.25, 0.3) is 10.2 Å². The Morgan fingerprint density at radius 3 is 2.82 bits per heavy atom. The van der Waals surface area contributed by atoms with Crippen molar-refractivity contribution in [1.29, 1.82) is 0 Å². The van der Waals surface area contributed by atoms with Crippen molar-refractivity contribution in [2.24, 2.45) is 0 Å². The minimum Gasteiger partial charge on any atom is -0.259 e. The molecule has 0 radical (unpaired) electrons. The van der Waals surface area contributed by atoms with E-state index in [1.54, 1.807) is 11.3 Å². The van der Waals surface area contributed by atoms with Crippen LogP contribution >= 0.6 is 11.3 Å². The highest BCUT2D eigenvalue weighted by Crippen LogP contribution is 2.22. The summed E-state index contributed by atoms with van der Waals surface area (Å²) in [6, 6.07) is 0. The van der Waals surface area contributed by atoms with Crippen LogP contribution in [0.15, 0.2) is 11.7 Å². The number of hydrogen-bond donors (Lipinski definition) is 0. The van der Waals surface area contributed by atoms with E-state index in [-0.39, 0.29) is 0 Å². The Balaban J connectivity index is 2.96. The van der Waals surface area contributed by atoms with E-state index in [2.05, 4.69) is 16.9 Å². The quantitative estimate of drug-likeness (QED) is 0.597. The van der Waals surface area contributed by atoms with Crippen molar-refractivity contribution >= 4 is 21.6 Å². The van der Waals surface area contributed by atoms with E-state index in [1.165, 1.54) is 10.3 Å². The summed E-state index contributed by atoms with van der Waals surface area (Å²) in [4.78, 5) is 8.46. The smallest absolute Gasteiger partial charge is 0.103 e. The number of nitrogens with zero attached hydrogens (tertiary/aromatic N) is 2. The first-order chi connectivity index (χ1) is 5.29. The molecule has 0 fully saturated rings. The number of aryl methyl sites for hydroxylation is 2. The largest absolute Gasteiger partial charge is 0.259 e. The van der Waals surface area contributed by atoms with Gasteiger partial charge in [-0.25, -0.2) is 4.98 Å².